The fourth-order valence-electron chi connectivity index (χ4n) is 1.63. The van der Waals surface area contributed by atoms with Crippen molar-refractivity contribution in [1.29, 1.82) is 0 Å². The van der Waals surface area contributed by atoms with Gasteiger partial charge in [-0.15, -0.1) is 0 Å². The Balaban J connectivity index is 2.58. The Hall–Kier alpha value is -1.45. The van der Waals surface area contributed by atoms with Crippen LogP contribution in [0.5, 0.6) is 0 Å². The maximum absolute atomic E-state index is 13.6. The van der Waals surface area contributed by atoms with Crippen LogP contribution >= 0.6 is 11.6 Å². The van der Waals surface area contributed by atoms with Gasteiger partial charge in [-0.05, 0) is 41.5 Å². The lowest BCUT2D eigenvalue weighted by atomic mass is 10.0. The van der Waals surface area contributed by atoms with Crippen molar-refractivity contribution < 1.29 is 8.78 Å². The molecule has 2 rings (SSSR count). The van der Waals surface area contributed by atoms with Gasteiger partial charge in [-0.2, -0.15) is 0 Å². The second kappa shape index (κ2) is 4.82. The van der Waals surface area contributed by atoms with Gasteiger partial charge in [0.1, 0.15) is 11.6 Å². The minimum Gasteiger partial charge on any atom is -0.326 e. The van der Waals surface area contributed by atoms with E-state index in [0.29, 0.717) is 17.7 Å². The summed E-state index contributed by atoms with van der Waals surface area (Å²) in [6.07, 6.45) is 0. The zero-order chi connectivity index (χ0) is 12.4. The maximum Gasteiger partial charge on any atom is 0.131 e. The van der Waals surface area contributed by atoms with E-state index in [1.54, 1.807) is 12.1 Å². The van der Waals surface area contributed by atoms with E-state index < -0.39 is 11.6 Å². The molecule has 0 amide bonds. The highest BCUT2D eigenvalue weighted by Crippen LogP contribution is 2.27. The third kappa shape index (κ3) is 2.62. The van der Waals surface area contributed by atoms with Gasteiger partial charge in [0.2, 0.25) is 0 Å². The Morgan fingerprint density at radius 1 is 1.06 bits per heavy atom. The van der Waals surface area contributed by atoms with E-state index in [-0.39, 0.29) is 5.02 Å². The summed E-state index contributed by atoms with van der Waals surface area (Å²) in [5, 5.41) is 0.234. The Kier molecular flexibility index (Phi) is 3.41. The fraction of sp³-hybridized carbons (Fsp3) is 0.0769. The highest BCUT2D eigenvalue weighted by Gasteiger charge is 2.08. The normalized spacial score (nSPS) is 10.6. The fourth-order valence-corrected chi connectivity index (χ4v) is 1.85. The zero-order valence-corrected chi connectivity index (χ0v) is 9.64. The zero-order valence-electron chi connectivity index (χ0n) is 8.88. The van der Waals surface area contributed by atoms with Gasteiger partial charge in [0, 0.05) is 17.1 Å². The van der Waals surface area contributed by atoms with Crippen LogP contribution in [0.1, 0.15) is 5.56 Å². The minimum atomic E-state index is -0.495. The topological polar surface area (TPSA) is 26.0 Å². The van der Waals surface area contributed by atoms with E-state index in [1.807, 2.05) is 0 Å². The van der Waals surface area contributed by atoms with Crippen LogP contribution < -0.4 is 5.73 Å². The number of hydrogen-bond donors (Lipinski definition) is 1. The van der Waals surface area contributed by atoms with Crippen LogP contribution in [0.2, 0.25) is 5.02 Å². The first-order chi connectivity index (χ1) is 8.10. The van der Waals surface area contributed by atoms with Crippen LogP contribution in [0.3, 0.4) is 0 Å². The first-order valence-corrected chi connectivity index (χ1v) is 5.43. The average molecular weight is 254 g/mol. The Morgan fingerprint density at radius 2 is 1.82 bits per heavy atom. The second-order valence-corrected chi connectivity index (χ2v) is 4.11. The number of halogens is 3. The van der Waals surface area contributed by atoms with Crippen molar-refractivity contribution in [2.24, 2.45) is 5.73 Å². The third-order valence-corrected chi connectivity index (χ3v) is 2.66. The quantitative estimate of drug-likeness (QED) is 0.867. The molecule has 0 aromatic heterocycles. The Morgan fingerprint density at radius 3 is 2.47 bits per heavy atom. The molecule has 0 aliphatic rings. The maximum atomic E-state index is 13.6. The van der Waals surface area contributed by atoms with Gasteiger partial charge in [-0.1, -0.05) is 17.7 Å². The molecule has 0 radical (unpaired) electrons. The minimum absolute atomic E-state index is 0.234. The molecule has 88 valence electrons. The van der Waals surface area contributed by atoms with Gasteiger partial charge in [0.15, 0.2) is 0 Å². The van der Waals surface area contributed by atoms with E-state index in [4.69, 9.17) is 17.3 Å². The SMILES string of the molecule is NCc1ccc(F)c(-c2cc(F)cc(Cl)c2)c1. The standard InChI is InChI=1S/C13H10ClF2N/c14-10-4-9(5-11(15)6-10)12-3-8(7-17)1-2-13(12)16/h1-6H,7,17H2. The van der Waals surface area contributed by atoms with E-state index in [9.17, 15) is 8.78 Å². The summed E-state index contributed by atoms with van der Waals surface area (Å²) in [4.78, 5) is 0. The molecule has 2 aromatic rings. The molecule has 0 fully saturated rings. The van der Waals surface area contributed by atoms with Crippen molar-refractivity contribution >= 4 is 11.6 Å². The van der Waals surface area contributed by atoms with E-state index in [0.717, 1.165) is 5.56 Å². The van der Waals surface area contributed by atoms with Gasteiger partial charge >= 0.3 is 0 Å². The number of rotatable bonds is 2. The number of nitrogens with two attached hydrogens (primary N) is 1. The molecule has 0 spiro atoms. The van der Waals surface area contributed by atoms with Crippen LogP contribution in [-0.2, 0) is 6.54 Å². The summed E-state index contributed by atoms with van der Waals surface area (Å²) in [5.74, 6) is -0.922. The van der Waals surface area contributed by atoms with Crippen molar-refractivity contribution in [3.8, 4) is 11.1 Å². The van der Waals surface area contributed by atoms with E-state index in [1.165, 1.54) is 24.3 Å². The highest BCUT2D eigenvalue weighted by atomic mass is 35.5. The van der Waals surface area contributed by atoms with Crippen molar-refractivity contribution in [3.63, 3.8) is 0 Å². The van der Waals surface area contributed by atoms with Crippen molar-refractivity contribution in [3.05, 3.63) is 58.6 Å². The molecule has 0 aliphatic carbocycles. The molecule has 4 heteroatoms. The molecule has 0 bridgehead atoms. The van der Waals surface area contributed by atoms with Crippen LogP contribution in [-0.4, -0.2) is 0 Å². The smallest absolute Gasteiger partial charge is 0.131 e. The molecule has 0 saturated heterocycles. The molecule has 0 unspecified atom stereocenters. The molecule has 0 atom stereocenters. The summed E-state index contributed by atoms with van der Waals surface area (Å²) >= 11 is 5.74. The summed E-state index contributed by atoms with van der Waals surface area (Å²) in [6, 6.07) is 8.44. The molecule has 2 aromatic carbocycles. The lowest BCUT2D eigenvalue weighted by molar-refractivity contribution is 0.624. The number of hydrogen-bond acceptors (Lipinski definition) is 1. The van der Waals surface area contributed by atoms with Gasteiger partial charge < -0.3 is 5.73 Å². The number of benzene rings is 2. The Labute approximate surface area is 103 Å². The van der Waals surface area contributed by atoms with Crippen molar-refractivity contribution in [1.82, 2.24) is 0 Å². The van der Waals surface area contributed by atoms with E-state index in [2.05, 4.69) is 0 Å². The average Bonchev–Trinajstić information content (AvgIpc) is 2.28. The summed E-state index contributed by atoms with van der Waals surface area (Å²) < 4.78 is 26.8. The first kappa shape index (κ1) is 12.0. The lowest BCUT2D eigenvalue weighted by Gasteiger charge is -2.06. The molecule has 0 aliphatic heterocycles. The largest absolute Gasteiger partial charge is 0.326 e. The van der Waals surface area contributed by atoms with Crippen LogP contribution in [0, 0.1) is 11.6 Å². The molecule has 2 N–H and O–H groups in total. The van der Waals surface area contributed by atoms with Gasteiger partial charge in [-0.25, -0.2) is 8.78 Å². The monoisotopic (exact) mass is 253 g/mol. The molecular formula is C13H10ClF2N. The molecule has 0 heterocycles. The van der Waals surface area contributed by atoms with Gasteiger partial charge in [-0.3, -0.25) is 0 Å². The second-order valence-electron chi connectivity index (χ2n) is 3.68. The highest BCUT2D eigenvalue weighted by molar-refractivity contribution is 6.30. The molecule has 1 nitrogen and oxygen atoms in total. The van der Waals surface area contributed by atoms with Gasteiger partial charge in [0.05, 0.1) is 0 Å². The molecule has 17 heavy (non-hydrogen) atoms. The predicted octanol–water partition coefficient (Wildman–Crippen LogP) is 3.74. The third-order valence-electron chi connectivity index (χ3n) is 2.44. The molecular weight excluding hydrogens is 244 g/mol. The van der Waals surface area contributed by atoms with E-state index >= 15 is 0 Å². The summed E-state index contributed by atoms with van der Waals surface area (Å²) in [5.41, 5.74) is 6.97. The van der Waals surface area contributed by atoms with Crippen molar-refractivity contribution in [2.45, 2.75) is 6.54 Å². The summed E-state index contributed by atoms with van der Waals surface area (Å²) in [7, 11) is 0. The van der Waals surface area contributed by atoms with Crippen LogP contribution in [0.15, 0.2) is 36.4 Å². The lowest BCUT2D eigenvalue weighted by Crippen LogP contribution is -1.97. The van der Waals surface area contributed by atoms with Crippen molar-refractivity contribution in [2.75, 3.05) is 0 Å². The predicted molar refractivity (Wildman–Crippen MR) is 64.7 cm³/mol. The van der Waals surface area contributed by atoms with Crippen LogP contribution in [0.25, 0.3) is 11.1 Å². The van der Waals surface area contributed by atoms with Crippen LogP contribution in [0.4, 0.5) is 8.78 Å². The van der Waals surface area contributed by atoms with Gasteiger partial charge in [0.25, 0.3) is 0 Å². The summed E-state index contributed by atoms with van der Waals surface area (Å²) in [6.45, 7) is 0.302. The Bertz CT molecular complexity index is 535. The molecule has 0 saturated carbocycles. The first-order valence-electron chi connectivity index (χ1n) is 5.05.